The molecule has 8 heteroatoms. The third kappa shape index (κ3) is 5.05. The topological polar surface area (TPSA) is 72.2 Å². The van der Waals surface area contributed by atoms with Crippen LogP contribution in [-0.2, 0) is 5.75 Å². The van der Waals surface area contributed by atoms with Crippen LogP contribution in [0.25, 0.3) is 0 Å². The number of carbonyl (C=O) groups excluding carboxylic acids is 1. The number of halogens is 1. The Balaban J connectivity index is 1.81. The van der Waals surface area contributed by atoms with Crippen LogP contribution in [0, 0.1) is 17.0 Å². The first-order valence-corrected chi connectivity index (χ1v) is 9.59. The second-order valence-electron chi connectivity index (χ2n) is 4.72. The number of nitrogens with zero attached hydrogens (tertiary/aromatic N) is 1. The Kier molecular flexibility index (Phi) is 6.61. The Morgan fingerprint density at radius 3 is 2.83 bits per heavy atom. The van der Waals surface area contributed by atoms with E-state index in [1.165, 1.54) is 17.0 Å². The van der Waals surface area contributed by atoms with Crippen LogP contribution in [-0.4, -0.2) is 23.1 Å². The van der Waals surface area contributed by atoms with E-state index in [1.807, 2.05) is 6.07 Å². The molecule has 1 aromatic carbocycles. The molecule has 0 aliphatic rings. The number of carbonyl (C=O) groups is 1. The molecule has 0 fully saturated rings. The van der Waals surface area contributed by atoms with Crippen molar-refractivity contribution in [2.75, 3.05) is 12.3 Å². The highest BCUT2D eigenvalue weighted by Crippen LogP contribution is 2.25. The highest BCUT2D eigenvalue weighted by Gasteiger charge is 2.17. The molecule has 1 aromatic heterocycles. The summed E-state index contributed by atoms with van der Waals surface area (Å²) in [6, 6.07) is 8.64. The molecule has 1 N–H and O–H groups in total. The molecule has 0 aliphatic heterocycles. The van der Waals surface area contributed by atoms with E-state index in [0.29, 0.717) is 17.7 Å². The van der Waals surface area contributed by atoms with Crippen molar-refractivity contribution in [2.45, 2.75) is 12.7 Å². The summed E-state index contributed by atoms with van der Waals surface area (Å²) in [5.74, 6) is 1.42. The van der Waals surface area contributed by atoms with Gasteiger partial charge in [0.25, 0.3) is 11.6 Å². The van der Waals surface area contributed by atoms with Gasteiger partial charge in [-0.1, -0.05) is 6.07 Å². The van der Waals surface area contributed by atoms with Crippen molar-refractivity contribution >= 4 is 50.6 Å². The van der Waals surface area contributed by atoms with Crippen molar-refractivity contribution in [3.05, 3.63) is 60.2 Å². The van der Waals surface area contributed by atoms with Gasteiger partial charge in [-0.3, -0.25) is 14.9 Å². The van der Waals surface area contributed by atoms with Gasteiger partial charge in [0, 0.05) is 40.1 Å². The Hall–Kier alpha value is -1.38. The predicted molar refractivity (Wildman–Crippen MR) is 98.3 cm³/mol. The van der Waals surface area contributed by atoms with Crippen molar-refractivity contribution in [1.29, 1.82) is 0 Å². The van der Waals surface area contributed by atoms with Crippen LogP contribution in [0.15, 0.2) is 34.1 Å². The molecule has 0 saturated carbocycles. The molecule has 1 heterocycles. The molecule has 23 heavy (non-hydrogen) atoms. The first kappa shape index (κ1) is 18.0. The van der Waals surface area contributed by atoms with Crippen LogP contribution in [0.2, 0.25) is 0 Å². The summed E-state index contributed by atoms with van der Waals surface area (Å²) in [6.07, 6.45) is 0. The van der Waals surface area contributed by atoms with E-state index in [1.54, 1.807) is 36.1 Å². The average Bonchev–Trinajstić information content (AvgIpc) is 2.92. The molecule has 2 aromatic rings. The van der Waals surface area contributed by atoms with Gasteiger partial charge in [0.15, 0.2) is 0 Å². The summed E-state index contributed by atoms with van der Waals surface area (Å²) >= 11 is 6.86. The van der Waals surface area contributed by atoms with Crippen molar-refractivity contribution in [3.63, 3.8) is 0 Å². The van der Waals surface area contributed by atoms with E-state index in [2.05, 4.69) is 27.3 Å². The van der Waals surface area contributed by atoms with Gasteiger partial charge in [0.05, 0.1) is 8.71 Å². The van der Waals surface area contributed by atoms with E-state index in [4.69, 9.17) is 0 Å². The molecular weight excluding hydrogens is 400 g/mol. The fraction of sp³-hybridized carbons (Fsp3) is 0.267. The number of hydrogen-bond donors (Lipinski definition) is 1. The largest absolute Gasteiger partial charge is 0.351 e. The van der Waals surface area contributed by atoms with Gasteiger partial charge in [0.2, 0.25) is 0 Å². The van der Waals surface area contributed by atoms with Crippen molar-refractivity contribution in [1.82, 2.24) is 5.32 Å². The van der Waals surface area contributed by atoms with E-state index in [9.17, 15) is 14.9 Å². The lowest BCUT2D eigenvalue weighted by Crippen LogP contribution is -2.26. The number of nitro groups is 1. The quantitative estimate of drug-likeness (QED) is 0.414. The first-order chi connectivity index (χ1) is 11.0. The van der Waals surface area contributed by atoms with Gasteiger partial charge >= 0.3 is 0 Å². The maximum absolute atomic E-state index is 12.1. The SMILES string of the molecule is Cc1c(C(=O)NCCSCc2ccc(Br)s2)cccc1[N+](=O)[O-]. The first-order valence-electron chi connectivity index (χ1n) is 6.83. The minimum absolute atomic E-state index is 0.0321. The van der Waals surface area contributed by atoms with Gasteiger partial charge in [0.1, 0.15) is 0 Å². The van der Waals surface area contributed by atoms with E-state index in [-0.39, 0.29) is 11.6 Å². The maximum atomic E-state index is 12.1. The average molecular weight is 415 g/mol. The van der Waals surface area contributed by atoms with Gasteiger partial charge < -0.3 is 5.32 Å². The minimum atomic E-state index is -0.471. The van der Waals surface area contributed by atoms with Crippen LogP contribution in [0.5, 0.6) is 0 Å². The summed E-state index contributed by atoms with van der Waals surface area (Å²) in [4.78, 5) is 23.8. The van der Waals surface area contributed by atoms with Gasteiger partial charge in [-0.25, -0.2) is 0 Å². The molecule has 0 spiro atoms. The van der Waals surface area contributed by atoms with E-state index >= 15 is 0 Å². The second-order valence-corrected chi connectivity index (χ2v) is 8.37. The number of rotatable bonds is 7. The number of amides is 1. The predicted octanol–water partition coefficient (Wildman–Crippen LogP) is 4.39. The molecule has 2 rings (SSSR count). The van der Waals surface area contributed by atoms with Crippen molar-refractivity contribution < 1.29 is 9.72 Å². The van der Waals surface area contributed by atoms with Gasteiger partial charge in [-0.2, -0.15) is 11.8 Å². The molecule has 0 saturated heterocycles. The fourth-order valence-corrected chi connectivity index (χ4v) is 4.45. The van der Waals surface area contributed by atoms with Crippen molar-refractivity contribution in [3.8, 4) is 0 Å². The molecule has 0 atom stereocenters. The summed E-state index contributed by atoms with van der Waals surface area (Å²) in [7, 11) is 0. The summed E-state index contributed by atoms with van der Waals surface area (Å²) in [5, 5.41) is 13.7. The molecule has 1 amide bonds. The highest BCUT2D eigenvalue weighted by atomic mass is 79.9. The normalized spacial score (nSPS) is 10.5. The van der Waals surface area contributed by atoms with E-state index in [0.717, 1.165) is 15.3 Å². The molecule has 0 bridgehead atoms. The van der Waals surface area contributed by atoms with Gasteiger partial charge in [-0.15, -0.1) is 11.3 Å². The molecule has 0 unspecified atom stereocenters. The molecule has 5 nitrogen and oxygen atoms in total. The molecule has 0 radical (unpaired) electrons. The number of nitrogens with one attached hydrogen (secondary N) is 1. The number of thioether (sulfide) groups is 1. The van der Waals surface area contributed by atoms with E-state index < -0.39 is 4.92 Å². The summed E-state index contributed by atoms with van der Waals surface area (Å²) in [6.45, 7) is 2.12. The lowest BCUT2D eigenvalue weighted by Gasteiger charge is -2.07. The Morgan fingerprint density at radius 2 is 2.17 bits per heavy atom. The Labute approximate surface area is 150 Å². The Bertz CT molecular complexity index is 718. The number of nitro benzene ring substituents is 1. The Morgan fingerprint density at radius 1 is 1.39 bits per heavy atom. The minimum Gasteiger partial charge on any atom is -0.351 e. The fourth-order valence-electron chi connectivity index (χ4n) is 2.00. The van der Waals surface area contributed by atoms with Crippen molar-refractivity contribution in [2.24, 2.45) is 0 Å². The smallest absolute Gasteiger partial charge is 0.273 e. The molecular formula is C15H15BrN2O3S2. The van der Waals surface area contributed by atoms with Crippen LogP contribution in [0.1, 0.15) is 20.8 Å². The van der Waals surface area contributed by atoms with Crippen LogP contribution in [0.3, 0.4) is 0 Å². The van der Waals surface area contributed by atoms with Crippen LogP contribution in [0.4, 0.5) is 5.69 Å². The number of thiophene rings is 1. The lowest BCUT2D eigenvalue weighted by atomic mass is 10.1. The standard InChI is InChI=1S/C15H15BrN2O3S2/c1-10-12(3-2-4-13(10)18(20)21)15(19)17-7-8-22-9-11-5-6-14(16)23-11/h2-6H,7-9H2,1H3,(H,17,19). The summed E-state index contributed by atoms with van der Waals surface area (Å²) < 4.78 is 1.11. The second kappa shape index (κ2) is 8.47. The maximum Gasteiger partial charge on any atom is 0.273 e. The van der Waals surface area contributed by atoms with Crippen LogP contribution >= 0.6 is 39.0 Å². The third-order valence-corrected chi connectivity index (χ3v) is 5.97. The number of benzene rings is 1. The zero-order valence-corrected chi connectivity index (χ0v) is 15.6. The zero-order valence-electron chi connectivity index (χ0n) is 12.4. The lowest BCUT2D eigenvalue weighted by molar-refractivity contribution is -0.385. The monoisotopic (exact) mass is 414 g/mol. The van der Waals surface area contributed by atoms with Crippen LogP contribution < -0.4 is 5.32 Å². The molecule has 122 valence electrons. The highest BCUT2D eigenvalue weighted by molar-refractivity contribution is 9.11. The zero-order chi connectivity index (χ0) is 16.8. The molecule has 0 aliphatic carbocycles. The summed E-state index contributed by atoms with van der Waals surface area (Å²) in [5.41, 5.74) is 0.716. The van der Waals surface area contributed by atoms with Gasteiger partial charge in [-0.05, 0) is 41.1 Å². The number of hydrogen-bond acceptors (Lipinski definition) is 5. The third-order valence-electron chi connectivity index (χ3n) is 3.15.